The van der Waals surface area contributed by atoms with Gasteiger partial charge in [-0.3, -0.25) is 14.3 Å². The summed E-state index contributed by atoms with van der Waals surface area (Å²) in [5, 5.41) is 0. The van der Waals surface area contributed by atoms with Gasteiger partial charge in [0.05, 0.1) is 24.0 Å². The maximum atomic E-state index is 4.85. The first kappa shape index (κ1) is 22.9. The molecule has 3 saturated heterocycles. The van der Waals surface area contributed by atoms with E-state index in [-0.39, 0.29) is 0 Å². The number of aliphatic imine (C=N–C) groups is 1. The minimum atomic E-state index is 0.397. The highest BCUT2D eigenvalue weighted by Crippen LogP contribution is 2.36. The van der Waals surface area contributed by atoms with Crippen molar-refractivity contribution in [3.63, 3.8) is 0 Å². The Balaban J connectivity index is 1.04. The summed E-state index contributed by atoms with van der Waals surface area (Å²) in [5.41, 5.74) is 6.61. The predicted octanol–water partition coefficient (Wildman–Crippen LogP) is 5.20. The molecule has 0 bridgehead atoms. The van der Waals surface area contributed by atoms with E-state index in [9.17, 15) is 0 Å². The molecule has 0 amide bonds. The molecule has 0 aliphatic carbocycles. The average molecular weight is 495 g/mol. The molecule has 4 aliphatic rings. The number of benzene rings is 1. The molecule has 6 nitrogen and oxygen atoms in total. The van der Waals surface area contributed by atoms with E-state index in [0.717, 1.165) is 37.6 Å². The molecule has 8 heteroatoms. The lowest BCUT2D eigenvalue weighted by atomic mass is 9.86. The third-order valence-corrected chi connectivity index (χ3v) is 9.46. The molecule has 3 fully saturated rings. The van der Waals surface area contributed by atoms with Gasteiger partial charge in [-0.2, -0.15) is 0 Å². The molecule has 1 aromatic heterocycles. The largest absolute Gasteiger partial charge is 0.371 e. The van der Waals surface area contributed by atoms with Crippen LogP contribution in [0.15, 0.2) is 47.2 Å². The third-order valence-electron chi connectivity index (χ3n) is 8.23. The number of hydrogen-bond acceptors (Lipinski definition) is 5. The first-order valence-electron chi connectivity index (χ1n) is 12.8. The Kier molecular flexibility index (Phi) is 6.60. The van der Waals surface area contributed by atoms with Crippen molar-refractivity contribution < 1.29 is 0 Å². The predicted molar refractivity (Wildman–Crippen MR) is 147 cm³/mol. The van der Waals surface area contributed by atoms with Gasteiger partial charge in [0.2, 0.25) is 0 Å². The van der Waals surface area contributed by atoms with Gasteiger partial charge in [-0.15, -0.1) is 0 Å². The lowest BCUT2D eigenvalue weighted by molar-refractivity contribution is 0.434. The highest BCUT2D eigenvalue weighted by molar-refractivity contribution is 7.13. The van der Waals surface area contributed by atoms with Gasteiger partial charge in [0.1, 0.15) is 5.82 Å². The second-order valence-electron chi connectivity index (χ2n) is 10.3. The van der Waals surface area contributed by atoms with Crippen LogP contribution in [0.1, 0.15) is 56.8 Å². The van der Waals surface area contributed by atoms with Crippen molar-refractivity contribution in [3.8, 4) is 11.3 Å². The first-order chi connectivity index (χ1) is 16.7. The minimum absolute atomic E-state index is 0.397. The van der Waals surface area contributed by atoms with Gasteiger partial charge in [-0.05, 0) is 67.7 Å². The Morgan fingerprint density at radius 1 is 0.853 bits per heavy atom. The summed E-state index contributed by atoms with van der Waals surface area (Å²) in [6.07, 6.45) is 12.7. The summed E-state index contributed by atoms with van der Waals surface area (Å²) in [6, 6.07) is 9.97. The van der Waals surface area contributed by atoms with Crippen LogP contribution in [0.3, 0.4) is 0 Å². The average Bonchev–Trinajstić information content (AvgIpc) is 3.66. The van der Waals surface area contributed by atoms with Gasteiger partial charge in [0.15, 0.2) is 0 Å². The zero-order valence-corrected chi connectivity index (χ0v) is 22.2. The van der Waals surface area contributed by atoms with E-state index in [0.29, 0.717) is 18.0 Å². The number of imidazole rings is 1. The van der Waals surface area contributed by atoms with Gasteiger partial charge >= 0.3 is 0 Å². The Hall–Kier alpha value is -1.58. The second kappa shape index (κ2) is 9.82. The maximum Gasteiger partial charge on any atom is 0.124 e. The number of nitrogens with one attached hydrogen (secondary N) is 1. The number of aromatic nitrogens is 2. The lowest BCUT2D eigenvalue weighted by Gasteiger charge is -2.34. The van der Waals surface area contributed by atoms with Gasteiger partial charge in [0, 0.05) is 50.2 Å². The van der Waals surface area contributed by atoms with Gasteiger partial charge in [-0.1, -0.05) is 30.9 Å². The Morgan fingerprint density at radius 3 is 2.24 bits per heavy atom. The molecule has 2 unspecified atom stereocenters. The zero-order chi connectivity index (χ0) is 23.1. The number of allylic oxidation sites excluding steroid dienone is 1. The Morgan fingerprint density at radius 2 is 1.56 bits per heavy atom. The number of rotatable bonds is 5. The zero-order valence-electron chi connectivity index (χ0n) is 19.9. The number of hydrogen-bond donors (Lipinski definition) is 1. The third kappa shape index (κ3) is 4.51. The van der Waals surface area contributed by atoms with Crippen molar-refractivity contribution in [3.05, 3.63) is 48.1 Å². The van der Waals surface area contributed by atoms with Crippen LogP contribution in [0.5, 0.6) is 0 Å². The van der Waals surface area contributed by atoms with Crippen molar-refractivity contribution in [2.24, 2.45) is 10.9 Å². The quantitative estimate of drug-likeness (QED) is 0.581. The minimum Gasteiger partial charge on any atom is -0.371 e. The summed E-state index contributed by atoms with van der Waals surface area (Å²) in [5.74, 6) is 1.77. The summed E-state index contributed by atoms with van der Waals surface area (Å²) < 4.78 is 4.72. The summed E-state index contributed by atoms with van der Waals surface area (Å²) in [7, 11) is 5.75. The first-order valence-corrected chi connectivity index (χ1v) is 13.9. The molecular weight excluding hydrogens is 458 g/mol. The molecule has 2 aromatic rings. The fourth-order valence-corrected chi connectivity index (χ4v) is 7.14. The fourth-order valence-electron chi connectivity index (χ4n) is 6.16. The van der Waals surface area contributed by atoms with Crippen LogP contribution in [-0.2, 0) is 0 Å². The van der Waals surface area contributed by atoms with E-state index in [1.54, 1.807) is 5.57 Å². The molecule has 0 saturated carbocycles. The van der Waals surface area contributed by atoms with Crippen LogP contribution in [0, 0.1) is 5.92 Å². The topological polar surface area (TPSA) is 50.8 Å². The van der Waals surface area contributed by atoms with Crippen molar-refractivity contribution in [2.45, 2.75) is 57.0 Å². The number of H-pyrrole nitrogens is 1. The van der Waals surface area contributed by atoms with Crippen molar-refractivity contribution in [1.29, 1.82) is 0 Å². The van der Waals surface area contributed by atoms with Crippen molar-refractivity contribution >= 4 is 30.2 Å². The van der Waals surface area contributed by atoms with Crippen molar-refractivity contribution in [2.75, 3.05) is 31.1 Å². The highest BCUT2D eigenvalue weighted by atomic mass is 31.0. The van der Waals surface area contributed by atoms with E-state index in [1.165, 1.54) is 62.0 Å². The van der Waals surface area contributed by atoms with Crippen LogP contribution < -0.4 is 4.90 Å². The van der Waals surface area contributed by atoms with Gasteiger partial charge in [0.25, 0.3) is 0 Å². The monoisotopic (exact) mass is 494 g/mol. The molecule has 5 heterocycles. The molecule has 0 spiro atoms. The highest BCUT2D eigenvalue weighted by Gasteiger charge is 2.31. The number of nitrogens with zero attached hydrogens (tertiary/aromatic N) is 5. The molecule has 6 rings (SSSR count). The Bertz CT molecular complexity index is 1070. The van der Waals surface area contributed by atoms with E-state index >= 15 is 0 Å². The van der Waals surface area contributed by atoms with Crippen LogP contribution in [0.25, 0.3) is 11.3 Å². The van der Waals surface area contributed by atoms with Crippen molar-refractivity contribution in [1.82, 2.24) is 19.3 Å². The normalized spacial score (nSPS) is 26.9. The molecule has 4 atom stereocenters. The summed E-state index contributed by atoms with van der Waals surface area (Å²) in [4.78, 5) is 15.6. The van der Waals surface area contributed by atoms with Gasteiger partial charge in [-0.25, -0.2) is 4.98 Å². The molecule has 1 N–H and O–H groups in total. The SMILES string of the molecule is PN1CCC[C@H]1C1=NC=C(C2CCN(c3ccc(-c4cnc([C@@H]5CCCN5P)[nH]4)cc3)CC2)C1. The van der Waals surface area contributed by atoms with E-state index in [2.05, 4.69) is 73.5 Å². The lowest BCUT2D eigenvalue weighted by Crippen LogP contribution is -2.34. The van der Waals surface area contributed by atoms with E-state index in [4.69, 9.17) is 4.99 Å². The molecule has 1 aromatic carbocycles. The number of piperidine rings is 1. The molecule has 34 heavy (non-hydrogen) atoms. The maximum absolute atomic E-state index is 4.85. The van der Waals surface area contributed by atoms with E-state index < -0.39 is 0 Å². The Labute approximate surface area is 207 Å². The van der Waals surface area contributed by atoms with Crippen LogP contribution in [0.2, 0.25) is 0 Å². The standard InChI is InChI=1S/C26H36N6P2/c33-31-11-1-3-24(31)22-15-20(16-27-22)18-9-13-30(14-10-18)21-7-5-19(6-8-21)23-17-28-26(29-23)25-4-2-12-32(25)34/h5-8,16-18,24-25H,1-4,9-15,33-34H2,(H,28,29)/t24-,25-/m0/s1. The number of aromatic amines is 1. The second-order valence-corrected chi connectivity index (χ2v) is 11.6. The van der Waals surface area contributed by atoms with Crippen LogP contribution in [0.4, 0.5) is 5.69 Å². The molecular formula is C26H36N6P2. The molecule has 4 aliphatic heterocycles. The molecule has 180 valence electrons. The fraction of sp³-hybridized carbons (Fsp3) is 0.538. The summed E-state index contributed by atoms with van der Waals surface area (Å²) in [6.45, 7) is 4.55. The van der Waals surface area contributed by atoms with E-state index in [1.807, 2.05) is 6.20 Å². The molecule has 0 radical (unpaired) electrons. The van der Waals surface area contributed by atoms with Crippen LogP contribution in [-0.4, -0.2) is 57.2 Å². The summed E-state index contributed by atoms with van der Waals surface area (Å²) >= 11 is 0. The smallest absolute Gasteiger partial charge is 0.124 e. The van der Waals surface area contributed by atoms with Crippen LogP contribution >= 0.6 is 18.8 Å². The van der Waals surface area contributed by atoms with Gasteiger partial charge < -0.3 is 9.88 Å². The number of anilines is 1.